The van der Waals surface area contributed by atoms with Crippen LogP contribution in [0.25, 0.3) is 0 Å². The van der Waals surface area contributed by atoms with E-state index in [1.807, 2.05) is 13.1 Å². The smallest absolute Gasteiger partial charge is 0.193 e. The first-order valence-corrected chi connectivity index (χ1v) is 6.83. The van der Waals surface area contributed by atoms with Gasteiger partial charge in [-0.1, -0.05) is 6.07 Å². The van der Waals surface area contributed by atoms with E-state index in [1.54, 1.807) is 6.07 Å². The van der Waals surface area contributed by atoms with Crippen LogP contribution < -0.4 is 5.32 Å². The van der Waals surface area contributed by atoms with Crippen LogP contribution in [0.1, 0.15) is 39.6 Å². The molecule has 0 saturated heterocycles. The van der Waals surface area contributed by atoms with Crippen LogP contribution in [0.15, 0.2) is 22.6 Å². The lowest BCUT2D eigenvalue weighted by Gasteiger charge is -2.22. The van der Waals surface area contributed by atoms with E-state index in [9.17, 15) is 0 Å². The zero-order valence-electron chi connectivity index (χ0n) is 12.1. The summed E-state index contributed by atoms with van der Waals surface area (Å²) in [7, 11) is 1.94. The van der Waals surface area contributed by atoms with E-state index in [0.29, 0.717) is 5.22 Å². The molecule has 1 unspecified atom stereocenters. The van der Waals surface area contributed by atoms with Gasteiger partial charge in [0.2, 0.25) is 0 Å². The lowest BCUT2D eigenvalue weighted by molar-refractivity contribution is 0.463. The third kappa shape index (κ3) is 2.56. The lowest BCUT2D eigenvalue weighted by Crippen LogP contribution is -2.20. The first kappa shape index (κ1) is 14.2. The van der Waals surface area contributed by atoms with Crippen molar-refractivity contribution in [3.8, 4) is 0 Å². The van der Waals surface area contributed by atoms with E-state index in [2.05, 4.69) is 39.1 Å². The molecule has 1 aromatic heterocycles. The number of benzene rings is 1. The quantitative estimate of drug-likeness (QED) is 0.895. The van der Waals surface area contributed by atoms with Crippen molar-refractivity contribution in [3.63, 3.8) is 0 Å². The molecule has 0 aliphatic carbocycles. The predicted molar refractivity (Wildman–Crippen MR) is 80.0 cm³/mol. The number of nitrogens with one attached hydrogen (secondary N) is 1. The Hall–Kier alpha value is -1.25. The van der Waals surface area contributed by atoms with Crippen LogP contribution in [-0.2, 0) is 0 Å². The van der Waals surface area contributed by atoms with E-state index >= 15 is 0 Å². The average molecular weight is 278 g/mol. The van der Waals surface area contributed by atoms with E-state index in [-0.39, 0.29) is 6.04 Å². The summed E-state index contributed by atoms with van der Waals surface area (Å²) < 4.78 is 5.58. The molecule has 1 aromatic carbocycles. The molecule has 0 amide bonds. The molecule has 1 atom stereocenters. The maximum Gasteiger partial charge on any atom is 0.193 e. The molecular weight excluding hydrogens is 258 g/mol. The largest absolute Gasteiger partial charge is 0.448 e. The van der Waals surface area contributed by atoms with Gasteiger partial charge in [-0.3, -0.25) is 0 Å². The van der Waals surface area contributed by atoms with Crippen molar-refractivity contribution in [2.24, 2.45) is 0 Å². The van der Waals surface area contributed by atoms with Crippen molar-refractivity contribution in [2.75, 3.05) is 7.05 Å². The molecule has 102 valence electrons. The Morgan fingerprint density at radius 2 is 1.63 bits per heavy atom. The Balaban J connectivity index is 2.61. The lowest BCUT2D eigenvalue weighted by atomic mass is 9.89. The molecule has 0 radical (unpaired) electrons. The highest BCUT2D eigenvalue weighted by Crippen LogP contribution is 2.32. The van der Waals surface area contributed by atoms with Crippen LogP contribution in [0, 0.1) is 27.7 Å². The van der Waals surface area contributed by atoms with Crippen LogP contribution in [0.3, 0.4) is 0 Å². The Kier molecular flexibility index (Phi) is 4.02. The van der Waals surface area contributed by atoms with Gasteiger partial charge < -0.3 is 9.73 Å². The third-order valence-electron chi connectivity index (χ3n) is 3.88. The number of furan rings is 1. The number of aryl methyl sites for hydroxylation is 2. The zero-order chi connectivity index (χ0) is 14.2. The fraction of sp³-hybridized carbons (Fsp3) is 0.375. The van der Waals surface area contributed by atoms with E-state index < -0.39 is 0 Å². The summed E-state index contributed by atoms with van der Waals surface area (Å²) in [6.45, 7) is 8.61. The molecule has 2 nitrogen and oxygen atoms in total. The van der Waals surface area contributed by atoms with Crippen molar-refractivity contribution in [1.82, 2.24) is 5.32 Å². The van der Waals surface area contributed by atoms with Gasteiger partial charge in [0.1, 0.15) is 5.76 Å². The summed E-state index contributed by atoms with van der Waals surface area (Å²) in [5, 5.41) is 3.76. The Labute approximate surface area is 119 Å². The van der Waals surface area contributed by atoms with Gasteiger partial charge in [0.05, 0.1) is 6.04 Å². The minimum absolute atomic E-state index is 0.0334. The van der Waals surface area contributed by atoms with Crippen LogP contribution in [0.4, 0.5) is 0 Å². The molecule has 3 heteroatoms. The van der Waals surface area contributed by atoms with Gasteiger partial charge in [-0.2, -0.15) is 0 Å². The molecule has 0 saturated carbocycles. The molecule has 0 bridgehead atoms. The second-order valence-corrected chi connectivity index (χ2v) is 5.41. The molecule has 2 aromatic rings. The van der Waals surface area contributed by atoms with Crippen molar-refractivity contribution in [2.45, 2.75) is 33.7 Å². The predicted octanol–water partition coefficient (Wildman–Crippen LogP) is 4.48. The van der Waals surface area contributed by atoms with Crippen LogP contribution in [0.2, 0.25) is 5.22 Å². The highest BCUT2D eigenvalue weighted by Gasteiger charge is 2.21. The number of hydrogen-bond donors (Lipinski definition) is 1. The molecule has 0 fully saturated rings. The number of hydrogen-bond acceptors (Lipinski definition) is 2. The van der Waals surface area contributed by atoms with Gasteiger partial charge in [0.25, 0.3) is 0 Å². The Bertz CT molecular complexity index is 575. The van der Waals surface area contributed by atoms with E-state index in [0.717, 1.165) is 5.76 Å². The SMILES string of the molecule is CNC(c1ccc(Cl)o1)c1c(C)c(C)cc(C)c1C. The van der Waals surface area contributed by atoms with E-state index in [4.69, 9.17) is 16.0 Å². The number of rotatable bonds is 3. The topological polar surface area (TPSA) is 25.2 Å². The molecular formula is C16H20ClNO. The van der Waals surface area contributed by atoms with Crippen molar-refractivity contribution < 1.29 is 4.42 Å². The molecule has 0 aliphatic heterocycles. The van der Waals surface area contributed by atoms with Crippen molar-refractivity contribution in [1.29, 1.82) is 0 Å². The molecule has 1 N–H and O–H groups in total. The van der Waals surface area contributed by atoms with Crippen molar-refractivity contribution >= 4 is 11.6 Å². The first-order valence-electron chi connectivity index (χ1n) is 6.45. The van der Waals surface area contributed by atoms with Crippen molar-refractivity contribution in [3.05, 3.63) is 57.0 Å². The highest BCUT2D eigenvalue weighted by atomic mass is 35.5. The van der Waals surface area contributed by atoms with Gasteiger partial charge in [0, 0.05) is 0 Å². The van der Waals surface area contributed by atoms with Gasteiger partial charge in [-0.15, -0.1) is 0 Å². The molecule has 1 heterocycles. The van der Waals surface area contributed by atoms with Gasteiger partial charge in [0.15, 0.2) is 5.22 Å². The molecule has 0 aliphatic rings. The molecule has 2 rings (SSSR count). The fourth-order valence-corrected chi connectivity index (χ4v) is 2.74. The minimum atomic E-state index is 0.0334. The first-order chi connectivity index (χ1) is 8.95. The Morgan fingerprint density at radius 3 is 2.05 bits per heavy atom. The highest BCUT2D eigenvalue weighted by molar-refractivity contribution is 6.28. The fourth-order valence-electron chi connectivity index (χ4n) is 2.59. The van der Waals surface area contributed by atoms with Gasteiger partial charge in [-0.05, 0) is 86.3 Å². The maximum atomic E-state index is 5.90. The summed E-state index contributed by atoms with van der Waals surface area (Å²) in [6, 6.07) is 5.98. The number of halogens is 1. The molecule has 19 heavy (non-hydrogen) atoms. The third-order valence-corrected chi connectivity index (χ3v) is 4.08. The minimum Gasteiger partial charge on any atom is -0.448 e. The monoisotopic (exact) mass is 277 g/mol. The Morgan fingerprint density at radius 1 is 1.05 bits per heavy atom. The molecule has 0 spiro atoms. The second kappa shape index (κ2) is 5.40. The second-order valence-electron chi connectivity index (χ2n) is 5.04. The van der Waals surface area contributed by atoms with Gasteiger partial charge >= 0.3 is 0 Å². The summed E-state index contributed by atoms with van der Waals surface area (Å²) in [5.74, 6) is 0.851. The summed E-state index contributed by atoms with van der Waals surface area (Å²) in [5.41, 5.74) is 6.49. The van der Waals surface area contributed by atoms with Gasteiger partial charge in [-0.25, -0.2) is 0 Å². The van der Waals surface area contributed by atoms with Crippen LogP contribution >= 0.6 is 11.6 Å². The normalized spacial score (nSPS) is 12.7. The summed E-state index contributed by atoms with van der Waals surface area (Å²) >= 11 is 5.90. The average Bonchev–Trinajstić information content (AvgIpc) is 2.78. The standard InChI is InChI=1S/C16H20ClNO/c1-9-8-10(2)12(4)15(11(9)3)16(18-5)13-6-7-14(17)19-13/h6-8,16,18H,1-5H3. The summed E-state index contributed by atoms with van der Waals surface area (Å²) in [4.78, 5) is 0. The van der Waals surface area contributed by atoms with Crippen LogP contribution in [0.5, 0.6) is 0 Å². The van der Waals surface area contributed by atoms with E-state index in [1.165, 1.54) is 27.8 Å². The zero-order valence-corrected chi connectivity index (χ0v) is 12.9. The van der Waals surface area contributed by atoms with Crippen LogP contribution in [-0.4, -0.2) is 7.05 Å². The maximum absolute atomic E-state index is 5.90. The summed E-state index contributed by atoms with van der Waals surface area (Å²) in [6.07, 6.45) is 0.